The Balaban J connectivity index is 2.15. The number of hydrogen-bond donors (Lipinski definition) is 1. The Labute approximate surface area is 132 Å². The molecule has 0 saturated carbocycles. The Morgan fingerprint density at radius 1 is 1.05 bits per heavy atom. The molecule has 1 amide bonds. The number of nitrogens with zero attached hydrogens (tertiary/aromatic N) is 1. The number of hydrogen-bond acceptors (Lipinski definition) is 2. The second kappa shape index (κ2) is 7.40. The second-order valence-electron chi connectivity index (χ2n) is 4.51. The molecular weight excluding hydrogens is 363 g/mol. The summed E-state index contributed by atoms with van der Waals surface area (Å²) in [6.07, 6.45) is 0. The van der Waals surface area contributed by atoms with E-state index in [1.165, 1.54) is 0 Å². The molecule has 0 aliphatic carbocycles. The van der Waals surface area contributed by atoms with E-state index in [-0.39, 0.29) is 5.91 Å². The van der Waals surface area contributed by atoms with Gasteiger partial charge in [-0.15, -0.1) is 0 Å². The molecule has 0 aliphatic rings. The Hall–Kier alpha value is -1.40. The van der Waals surface area contributed by atoms with Gasteiger partial charge in [0, 0.05) is 28.8 Å². The normalized spacial score (nSPS) is 10.3. The molecule has 104 valence electrons. The van der Waals surface area contributed by atoms with Crippen LogP contribution >= 0.6 is 22.6 Å². The lowest BCUT2D eigenvalue weighted by molar-refractivity contribution is 0.0748. The monoisotopic (exact) mass is 380 g/mol. The quantitative estimate of drug-likeness (QED) is 0.811. The van der Waals surface area contributed by atoms with Crippen molar-refractivity contribution in [2.45, 2.75) is 6.54 Å². The Morgan fingerprint density at radius 2 is 1.70 bits per heavy atom. The van der Waals surface area contributed by atoms with Crippen LogP contribution in [0, 0.1) is 3.57 Å². The standard InChI is InChI=1S/C16H17IN2O/c17-15-8-6-14(7-9-15)16(20)19(11-10-18)12-13-4-2-1-3-5-13/h1-9H,10-12,18H2. The minimum atomic E-state index is 0.0238. The molecule has 2 rings (SSSR count). The highest BCUT2D eigenvalue weighted by Gasteiger charge is 2.15. The van der Waals surface area contributed by atoms with E-state index in [1.54, 1.807) is 4.90 Å². The lowest BCUT2D eigenvalue weighted by atomic mass is 10.1. The highest BCUT2D eigenvalue weighted by Crippen LogP contribution is 2.12. The molecule has 0 spiro atoms. The van der Waals surface area contributed by atoms with Crippen LogP contribution < -0.4 is 5.73 Å². The summed E-state index contributed by atoms with van der Waals surface area (Å²) in [6.45, 7) is 1.60. The van der Waals surface area contributed by atoms with Crippen molar-refractivity contribution in [3.05, 3.63) is 69.3 Å². The fourth-order valence-electron chi connectivity index (χ4n) is 1.99. The van der Waals surface area contributed by atoms with Gasteiger partial charge in [0.2, 0.25) is 0 Å². The van der Waals surface area contributed by atoms with E-state index >= 15 is 0 Å². The number of carbonyl (C=O) groups excluding carboxylic acids is 1. The van der Waals surface area contributed by atoms with Crippen LogP contribution in [-0.4, -0.2) is 23.9 Å². The molecule has 0 aromatic heterocycles. The first-order valence-electron chi connectivity index (χ1n) is 6.49. The predicted molar refractivity (Wildman–Crippen MR) is 89.4 cm³/mol. The molecule has 2 N–H and O–H groups in total. The van der Waals surface area contributed by atoms with Gasteiger partial charge in [0.05, 0.1) is 0 Å². The molecule has 0 unspecified atom stereocenters. The van der Waals surface area contributed by atoms with Crippen molar-refractivity contribution in [1.29, 1.82) is 0 Å². The van der Waals surface area contributed by atoms with E-state index in [0.29, 0.717) is 25.2 Å². The van der Waals surface area contributed by atoms with Gasteiger partial charge in [-0.25, -0.2) is 0 Å². The minimum absolute atomic E-state index is 0.0238. The van der Waals surface area contributed by atoms with Crippen LogP contribution in [0.4, 0.5) is 0 Å². The number of halogens is 1. The molecule has 2 aromatic carbocycles. The van der Waals surface area contributed by atoms with Crippen LogP contribution in [-0.2, 0) is 6.54 Å². The Morgan fingerprint density at radius 3 is 2.30 bits per heavy atom. The van der Waals surface area contributed by atoms with Gasteiger partial charge in [0.1, 0.15) is 0 Å². The summed E-state index contributed by atoms with van der Waals surface area (Å²) in [5, 5.41) is 0. The molecule has 0 saturated heterocycles. The first-order valence-corrected chi connectivity index (χ1v) is 7.57. The fraction of sp³-hybridized carbons (Fsp3) is 0.188. The van der Waals surface area contributed by atoms with Gasteiger partial charge in [0.25, 0.3) is 5.91 Å². The summed E-state index contributed by atoms with van der Waals surface area (Å²) in [4.78, 5) is 14.3. The highest BCUT2D eigenvalue weighted by molar-refractivity contribution is 14.1. The molecule has 0 atom stereocenters. The summed E-state index contributed by atoms with van der Waals surface area (Å²) in [5.74, 6) is 0.0238. The molecular formula is C16H17IN2O. The van der Waals surface area contributed by atoms with Crippen LogP contribution in [0.3, 0.4) is 0 Å². The number of rotatable bonds is 5. The third kappa shape index (κ3) is 4.05. The van der Waals surface area contributed by atoms with Crippen LogP contribution in [0.5, 0.6) is 0 Å². The van der Waals surface area contributed by atoms with Gasteiger partial charge < -0.3 is 10.6 Å². The van der Waals surface area contributed by atoms with Crippen molar-refractivity contribution in [3.8, 4) is 0 Å². The zero-order chi connectivity index (χ0) is 14.4. The SMILES string of the molecule is NCCN(Cc1ccccc1)C(=O)c1ccc(I)cc1. The molecule has 4 heteroatoms. The van der Waals surface area contributed by atoms with Crippen molar-refractivity contribution >= 4 is 28.5 Å². The van der Waals surface area contributed by atoms with E-state index in [9.17, 15) is 4.79 Å². The molecule has 0 heterocycles. The van der Waals surface area contributed by atoms with Gasteiger partial charge in [-0.3, -0.25) is 4.79 Å². The lowest BCUT2D eigenvalue weighted by Crippen LogP contribution is -2.34. The lowest BCUT2D eigenvalue weighted by Gasteiger charge is -2.22. The first kappa shape index (κ1) is 15.0. The number of carbonyl (C=O) groups is 1. The molecule has 20 heavy (non-hydrogen) atoms. The average molecular weight is 380 g/mol. The third-order valence-electron chi connectivity index (χ3n) is 2.99. The minimum Gasteiger partial charge on any atom is -0.333 e. The molecule has 3 nitrogen and oxygen atoms in total. The van der Waals surface area contributed by atoms with E-state index in [0.717, 1.165) is 9.13 Å². The van der Waals surface area contributed by atoms with E-state index in [1.807, 2.05) is 54.6 Å². The van der Waals surface area contributed by atoms with Crippen molar-refractivity contribution in [2.75, 3.05) is 13.1 Å². The first-order chi connectivity index (χ1) is 9.70. The number of benzene rings is 2. The van der Waals surface area contributed by atoms with Crippen molar-refractivity contribution in [3.63, 3.8) is 0 Å². The van der Waals surface area contributed by atoms with Crippen molar-refractivity contribution in [1.82, 2.24) is 4.90 Å². The largest absolute Gasteiger partial charge is 0.333 e. The Kier molecular flexibility index (Phi) is 5.55. The van der Waals surface area contributed by atoms with Crippen LogP contribution in [0.2, 0.25) is 0 Å². The zero-order valence-electron chi connectivity index (χ0n) is 11.1. The van der Waals surface area contributed by atoms with Gasteiger partial charge >= 0.3 is 0 Å². The van der Waals surface area contributed by atoms with Crippen LogP contribution in [0.25, 0.3) is 0 Å². The topological polar surface area (TPSA) is 46.3 Å². The van der Waals surface area contributed by atoms with E-state index < -0.39 is 0 Å². The molecule has 0 radical (unpaired) electrons. The molecule has 0 aliphatic heterocycles. The third-order valence-corrected chi connectivity index (χ3v) is 3.71. The maximum absolute atomic E-state index is 12.5. The summed E-state index contributed by atoms with van der Waals surface area (Å²) < 4.78 is 1.12. The fourth-order valence-corrected chi connectivity index (χ4v) is 2.35. The van der Waals surface area contributed by atoms with Crippen LogP contribution in [0.15, 0.2) is 54.6 Å². The summed E-state index contributed by atoms with van der Waals surface area (Å²) in [7, 11) is 0. The molecule has 2 aromatic rings. The smallest absolute Gasteiger partial charge is 0.254 e. The maximum atomic E-state index is 12.5. The van der Waals surface area contributed by atoms with Crippen molar-refractivity contribution < 1.29 is 4.79 Å². The summed E-state index contributed by atoms with van der Waals surface area (Å²) in [6, 6.07) is 17.6. The summed E-state index contributed by atoms with van der Waals surface area (Å²) in [5.41, 5.74) is 7.44. The zero-order valence-corrected chi connectivity index (χ0v) is 13.3. The van der Waals surface area contributed by atoms with Crippen LogP contribution in [0.1, 0.15) is 15.9 Å². The number of amides is 1. The van der Waals surface area contributed by atoms with Crippen molar-refractivity contribution in [2.24, 2.45) is 5.73 Å². The molecule has 0 fully saturated rings. The number of nitrogens with two attached hydrogens (primary N) is 1. The second-order valence-corrected chi connectivity index (χ2v) is 5.75. The highest BCUT2D eigenvalue weighted by atomic mass is 127. The maximum Gasteiger partial charge on any atom is 0.254 e. The van der Waals surface area contributed by atoms with E-state index in [4.69, 9.17) is 5.73 Å². The average Bonchev–Trinajstić information content (AvgIpc) is 2.48. The summed E-state index contributed by atoms with van der Waals surface area (Å²) >= 11 is 2.23. The Bertz CT molecular complexity index is 554. The van der Waals surface area contributed by atoms with Gasteiger partial charge in [-0.2, -0.15) is 0 Å². The van der Waals surface area contributed by atoms with Gasteiger partial charge in [-0.1, -0.05) is 30.3 Å². The van der Waals surface area contributed by atoms with Gasteiger partial charge in [0.15, 0.2) is 0 Å². The molecule has 0 bridgehead atoms. The van der Waals surface area contributed by atoms with E-state index in [2.05, 4.69) is 22.6 Å². The van der Waals surface area contributed by atoms with Gasteiger partial charge in [-0.05, 0) is 52.4 Å². The predicted octanol–water partition coefficient (Wildman–Crippen LogP) is 2.89.